The molecule has 3 fully saturated rings. The fraction of sp³-hybridized carbons (Fsp3) is 0.571. The second kappa shape index (κ2) is 8.91. The molecule has 0 spiro atoms. The summed E-state index contributed by atoms with van der Waals surface area (Å²) in [5.74, 6) is -0.478. The van der Waals surface area contributed by atoms with E-state index in [1.165, 1.54) is 4.90 Å². The highest BCUT2D eigenvalue weighted by molar-refractivity contribution is 6.05. The smallest absolute Gasteiger partial charge is 0.328 e. The SMILES string of the molecule is O=C1CCN(c2ccc(N3CCC(C(=O)N4CCC(C(=O)O)CC4)CC3)nc2)C(=O)N1. The molecule has 0 radical (unpaired) electrons. The Kier molecular flexibility index (Phi) is 6.06. The Hall–Kier alpha value is -3.17. The van der Waals surface area contributed by atoms with Gasteiger partial charge in [-0.15, -0.1) is 0 Å². The van der Waals surface area contributed by atoms with Crippen molar-refractivity contribution in [2.24, 2.45) is 11.8 Å². The van der Waals surface area contributed by atoms with Gasteiger partial charge in [0.2, 0.25) is 11.8 Å². The number of pyridine rings is 1. The maximum atomic E-state index is 12.8. The zero-order valence-corrected chi connectivity index (χ0v) is 17.3. The highest BCUT2D eigenvalue weighted by atomic mass is 16.4. The summed E-state index contributed by atoms with van der Waals surface area (Å²) in [6, 6.07) is 3.25. The Balaban J connectivity index is 1.29. The normalized spacial score (nSPS) is 21.2. The van der Waals surface area contributed by atoms with E-state index >= 15 is 0 Å². The van der Waals surface area contributed by atoms with E-state index in [9.17, 15) is 19.2 Å². The molecule has 0 aliphatic carbocycles. The number of aliphatic carboxylic acids is 1. The predicted octanol–water partition coefficient (Wildman–Crippen LogP) is 1.07. The van der Waals surface area contributed by atoms with Crippen LogP contribution in [0.5, 0.6) is 0 Å². The molecular formula is C21H27N5O5. The number of nitrogens with one attached hydrogen (secondary N) is 1. The van der Waals surface area contributed by atoms with E-state index in [-0.39, 0.29) is 30.1 Å². The zero-order chi connectivity index (χ0) is 22.0. The maximum Gasteiger partial charge on any atom is 0.328 e. The third kappa shape index (κ3) is 4.62. The Morgan fingerprint density at radius 2 is 1.65 bits per heavy atom. The van der Waals surface area contributed by atoms with E-state index in [0.29, 0.717) is 51.3 Å². The topological polar surface area (TPSA) is 123 Å². The number of urea groups is 1. The predicted molar refractivity (Wildman–Crippen MR) is 112 cm³/mol. The van der Waals surface area contributed by atoms with Crippen LogP contribution in [0.4, 0.5) is 16.3 Å². The van der Waals surface area contributed by atoms with Crippen molar-refractivity contribution in [2.45, 2.75) is 32.1 Å². The molecule has 0 bridgehead atoms. The number of imide groups is 1. The first-order chi connectivity index (χ1) is 14.9. The molecular weight excluding hydrogens is 402 g/mol. The van der Waals surface area contributed by atoms with Crippen LogP contribution < -0.4 is 15.1 Å². The van der Waals surface area contributed by atoms with Crippen molar-refractivity contribution in [1.29, 1.82) is 0 Å². The van der Waals surface area contributed by atoms with Crippen LogP contribution in [-0.2, 0) is 14.4 Å². The number of hydrogen-bond acceptors (Lipinski definition) is 6. The van der Waals surface area contributed by atoms with Gasteiger partial charge in [-0.05, 0) is 37.8 Å². The number of nitrogens with zero attached hydrogens (tertiary/aromatic N) is 4. The van der Waals surface area contributed by atoms with E-state index in [1.807, 2.05) is 17.0 Å². The number of hydrogen-bond donors (Lipinski definition) is 2. The molecule has 1 aromatic rings. The lowest BCUT2D eigenvalue weighted by Crippen LogP contribution is -2.49. The van der Waals surface area contributed by atoms with Crippen LogP contribution in [0, 0.1) is 11.8 Å². The van der Waals surface area contributed by atoms with Crippen LogP contribution in [0.1, 0.15) is 32.1 Å². The van der Waals surface area contributed by atoms with Gasteiger partial charge >= 0.3 is 12.0 Å². The number of aromatic nitrogens is 1. The second-order valence-corrected chi connectivity index (χ2v) is 8.33. The van der Waals surface area contributed by atoms with Crippen molar-refractivity contribution in [2.75, 3.05) is 42.5 Å². The van der Waals surface area contributed by atoms with Crippen molar-refractivity contribution in [3.63, 3.8) is 0 Å². The third-order valence-corrected chi connectivity index (χ3v) is 6.42. The molecule has 3 saturated heterocycles. The lowest BCUT2D eigenvalue weighted by molar-refractivity contribution is -0.147. The molecule has 4 amide bonds. The summed E-state index contributed by atoms with van der Waals surface area (Å²) >= 11 is 0. The van der Waals surface area contributed by atoms with Crippen LogP contribution in [0.15, 0.2) is 18.3 Å². The number of rotatable bonds is 4. The molecule has 0 atom stereocenters. The van der Waals surface area contributed by atoms with Gasteiger partial charge in [0, 0.05) is 45.1 Å². The quantitative estimate of drug-likeness (QED) is 0.734. The Morgan fingerprint density at radius 1 is 0.968 bits per heavy atom. The van der Waals surface area contributed by atoms with Gasteiger partial charge in [0.15, 0.2) is 0 Å². The van der Waals surface area contributed by atoms with Crippen molar-refractivity contribution in [3.8, 4) is 0 Å². The molecule has 166 valence electrons. The summed E-state index contributed by atoms with van der Waals surface area (Å²) in [6.07, 6.45) is 4.42. The Bertz CT molecular complexity index is 857. The molecule has 31 heavy (non-hydrogen) atoms. The van der Waals surface area contributed by atoms with Gasteiger partial charge in [0.1, 0.15) is 5.82 Å². The number of amides is 4. The van der Waals surface area contributed by atoms with Gasteiger partial charge in [-0.1, -0.05) is 0 Å². The minimum Gasteiger partial charge on any atom is -0.481 e. The first kappa shape index (κ1) is 21.1. The molecule has 10 nitrogen and oxygen atoms in total. The van der Waals surface area contributed by atoms with Crippen LogP contribution >= 0.6 is 0 Å². The van der Waals surface area contributed by atoms with Crippen LogP contribution in [0.2, 0.25) is 0 Å². The van der Waals surface area contributed by atoms with Crippen molar-refractivity contribution in [1.82, 2.24) is 15.2 Å². The fourth-order valence-corrected chi connectivity index (χ4v) is 4.50. The van der Waals surface area contributed by atoms with Gasteiger partial charge in [0.05, 0.1) is 17.8 Å². The number of carboxylic acids is 1. The summed E-state index contributed by atoms with van der Waals surface area (Å²) < 4.78 is 0. The van der Waals surface area contributed by atoms with Crippen LogP contribution in [0.3, 0.4) is 0 Å². The van der Waals surface area contributed by atoms with Gasteiger partial charge < -0.3 is 14.9 Å². The van der Waals surface area contributed by atoms with Crippen molar-refractivity contribution < 1.29 is 24.3 Å². The maximum absolute atomic E-state index is 12.8. The molecule has 3 aliphatic rings. The van der Waals surface area contributed by atoms with Crippen molar-refractivity contribution in [3.05, 3.63) is 18.3 Å². The largest absolute Gasteiger partial charge is 0.481 e. The summed E-state index contributed by atoms with van der Waals surface area (Å²) in [4.78, 5) is 57.1. The van der Waals surface area contributed by atoms with Crippen LogP contribution in [0.25, 0.3) is 0 Å². The lowest BCUT2D eigenvalue weighted by Gasteiger charge is -2.37. The molecule has 2 N–H and O–H groups in total. The molecule has 4 heterocycles. The monoisotopic (exact) mass is 429 g/mol. The number of carbonyl (C=O) groups excluding carboxylic acids is 3. The first-order valence-electron chi connectivity index (χ1n) is 10.8. The number of carbonyl (C=O) groups is 4. The van der Waals surface area contributed by atoms with E-state index in [0.717, 1.165) is 18.7 Å². The van der Waals surface area contributed by atoms with Gasteiger partial charge in [-0.3, -0.25) is 24.6 Å². The molecule has 3 aliphatic heterocycles. The summed E-state index contributed by atoms with van der Waals surface area (Å²) in [5, 5.41) is 11.4. The Labute approximate surface area is 180 Å². The molecule has 1 aromatic heterocycles. The Morgan fingerprint density at radius 3 is 2.23 bits per heavy atom. The van der Waals surface area contributed by atoms with E-state index < -0.39 is 12.0 Å². The number of carboxylic acid groups (broad SMARTS) is 1. The molecule has 0 unspecified atom stereocenters. The minimum atomic E-state index is -0.770. The fourth-order valence-electron chi connectivity index (χ4n) is 4.50. The average molecular weight is 429 g/mol. The summed E-state index contributed by atoms with van der Waals surface area (Å²) in [6.45, 7) is 2.81. The number of likely N-dealkylation sites (tertiary alicyclic amines) is 1. The van der Waals surface area contributed by atoms with E-state index in [2.05, 4.69) is 15.2 Å². The second-order valence-electron chi connectivity index (χ2n) is 8.33. The van der Waals surface area contributed by atoms with Crippen LogP contribution in [-0.4, -0.2) is 71.5 Å². The summed E-state index contributed by atoms with van der Waals surface area (Å²) in [7, 11) is 0. The number of anilines is 2. The third-order valence-electron chi connectivity index (χ3n) is 6.42. The molecule has 4 rings (SSSR count). The molecule has 0 saturated carbocycles. The van der Waals surface area contributed by atoms with Gasteiger partial charge in [-0.2, -0.15) is 0 Å². The molecule has 0 aromatic carbocycles. The average Bonchev–Trinajstić information content (AvgIpc) is 2.79. The molecule has 10 heteroatoms. The number of piperidine rings is 2. The standard InChI is InChI=1S/C21H27N5O5/c27-18-7-12-26(21(31)23-18)16-1-2-17(22-13-16)24-8-3-14(4-9-24)19(28)25-10-5-15(6-11-25)20(29)30/h1-2,13-15H,3-12H2,(H,29,30)(H,23,27,31). The zero-order valence-electron chi connectivity index (χ0n) is 17.3. The van der Waals surface area contributed by atoms with E-state index in [1.54, 1.807) is 6.20 Å². The highest BCUT2D eigenvalue weighted by Gasteiger charge is 2.33. The van der Waals surface area contributed by atoms with E-state index in [4.69, 9.17) is 5.11 Å². The van der Waals surface area contributed by atoms with Crippen molar-refractivity contribution >= 4 is 35.3 Å². The summed E-state index contributed by atoms with van der Waals surface area (Å²) in [5.41, 5.74) is 0.642. The van der Waals surface area contributed by atoms with Gasteiger partial charge in [-0.25, -0.2) is 9.78 Å². The minimum absolute atomic E-state index is 0.0357. The highest BCUT2D eigenvalue weighted by Crippen LogP contribution is 2.27. The lowest BCUT2D eigenvalue weighted by atomic mass is 9.92. The first-order valence-corrected chi connectivity index (χ1v) is 10.8. The van der Waals surface area contributed by atoms with Gasteiger partial charge in [0.25, 0.3) is 0 Å².